The van der Waals surface area contributed by atoms with E-state index in [0.29, 0.717) is 12.3 Å². The Hall–Kier alpha value is -2.54. The summed E-state index contributed by atoms with van der Waals surface area (Å²) in [6.07, 6.45) is -0.652. The number of carbonyl (C=O) groups excluding carboxylic acids is 2. The maximum absolute atomic E-state index is 12.4. The van der Waals surface area contributed by atoms with Crippen LogP contribution in [0.15, 0.2) is 53.0 Å². The van der Waals surface area contributed by atoms with Crippen LogP contribution in [0, 0.1) is 0 Å². The maximum atomic E-state index is 12.4. The highest BCUT2D eigenvalue weighted by atomic mass is 79.9. The minimum absolute atomic E-state index is 0.129. The van der Waals surface area contributed by atoms with Crippen LogP contribution in [0.2, 0.25) is 0 Å². The van der Waals surface area contributed by atoms with Gasteiger partial charge in [-0.05, 0) is 36.4 Å². The molecule has 130 valence electrons. The number of hydrogen-bond donors (Lipinski definition) is 2. The molecule has 6 nitrogen and oxygen atoms in total. The summed E-state index contributed by atoms with van der Waals surface area (Å²) in [4.78, 5) is 26.2. The molecule has 0 aromatic heterocycles. The van der Waals surface area contributed by atoms with Gasteiger partial charge in [0.05, 0.1) is 18.8 Å². The number of fused-ring (bicyclic) bond motifs is 1. The normalized spacial score (nSPS) is 15.8. The fraction of sp³-hybridized carbons (Fsp3) is 0.222. The second kappa shape index (κ2) is 7.57. The first-order valence-corrected chi connectivity index (χ1v) is 8.64. The fourth-order valence-electron chi connectivity index (χ4n) is 2.66. The van der Waals surface area contributed by atoms with Crippen molar-refractivity contribution in [1.29, 1.82) is 0 Å². The lowest BCUT2D eigenvalue weighted by atomic mass is 10.1. The van der Waals surface area contributed by atoms with Gasteiger partial charge in [0.1, 0.15) is 5.75 Å². The molecule has 0 spiro atoms. The quantitative estimate of drug-likeness (QED) is 0.821. The van der Waals surface area contributed by atoms with E-state index in [2.05, 4.69) is 26.6 Å². The van der Waals surface area contributed by atoms with Gasteiger partial charge >= 0.3 is 0 Å². The molecular formula is C18H18BrN3O3. The van der Waals surface area contributed by atoms with Crippen LogP contribution in [-0.2, 0) is 9.59 Å². The van der Waals surface area contributed by atoms with Crippen LogP contribution in [0.25, 0.3) is 0 Å². The molecule has 0 fully saturated rings. The first kappa shape index (κ1) is 17.3. The number of carbonyl (C=O) groups is 2. The van der Waals surface area contributed by atoms with E-state index in [9.17, 15) is 9.59 Å². The van der Waals surface area contributed by atoms with Crippen molar-refractivity contribution in [3.8, 4) is 5.75 Å². The summed E-state index contributed by atoms with van der Waals surface area (Å²) in [6, 6.07) is 14.8. The number of anilines is 2. The van der Waals surface area contributed by atoms with Crippen molar-refractivity contribution in [2.75, 3.05) is 30.4 Å². The summed E-state index contributed by atoms with van der Waals surface area (Å²) in [6.45, 7) is 0.439. The zero-order valence-electron chi connectivity index (χ0n) is 13.7. The lowest BCUT2D eigenvalue weighted by Crippen LogP contribution is -2.50. The molecule has 0 saturated carbocycles. The Balaban J connectivity index is 1.74. The first-order chi connectivity index (χ1) is 12.1. The zero-order valence-corrected chi connectivity index (χ0v) is 15.2. The molecule has 2 aromatic rings. The van der Waals surface area contributed by atoms with Crippen molar-refractivity contribution in [2.24, 2.45) is 0 Å². The SMILES string of the molecule is CNC(=O)C1CN(CC(=O)Nc2ccc(Br)cc2)c2ccccc2O1. The second-order valence-electron chi connectivity index (χ2n) is 5.62. The van der Waals surface area contributed by atoms with E-state index in [0.717, 1.165) is 15.8 Å². The number of ether oxygens (including phenoxy) is 1. The first-order valence-electron chi connectivity index (χ1n) is 7.84. The van der Waals surface area contributed by atoms with Crippen molar-refractivity contribution in [1.82, 2.24) is 5.32 Å². The molecule has 2 N–H and O–H groups in total. The summed E-state index contributed by atoms with van der Waals surface area (Å²) < 4.78 is 6.68. The molecule has 0 bridgehead atoms. The average molecular weight is 404 g/mol. The van der Waals surface area contributed by atoms with E-state index in [-0.39, 0.29) is 18.4 Å². The van der Waals surface area contributed by atoms with Crippen molar-refractivity contribution in [3.05, 3.63) is 53.0 Å². The van der Waals surface area contributed by atoms with Gasteiger partial charge in [-0.2, -0.15) is 0 Å². The Morgan fingerprint density at radius 1 is 1.20 bits per heavy atom. The highest BCUT2D eigenvalue weighted by Gasteiger charge is 2.30. The van der Waals surface area contributed by atoms with Gasteiger partial charge in [-0.25, -0.2) is 0 Å². The predicted octanol–water partition coefficient (Wildman–Crippen LogP) is 2.40. The number of amides is 2. The third-order valence-corrected chi connectivity index (χ3v) is 4.39. The van der Waals surface area contributed by atoms with Gasteiger partial charge in [0.25, 0.3) is 5.91 Å². The number of likely N-dealkylation sites (N-methyl/N-ethyl adjacent to an activating group) is 1. The second-order valence-corrected chi connectivity index (χ2v) is 6.54. The van der Waals surface area contributed by atoms with Crippen LogP contribution in [0.4, 0.5) is 11.4 Å². The van der Waals surface area contributed by atoms with Gasteiger partial charge in [-0.15, -0.1) is 0 Å². The number of hydrogen-bond acceptors (Lipinski definition) is 4. The number of nitrogens with one attached hydrogen (secondary N) is 2. The van der Waals surface area contributed by atoms with Crippen LogP contribution < -0.4 is 20.3 Å². The highest BCUT2D eigenvalue weighted by Crippen LogP contribution is 2.32. The Morgan fingerprint density at radius 2 is 1.92 bits per heavy atom. The number of rotatable bonds is 4. The van der Waals surface area contributed by atoms with Gasteiger partial charge in [0.15, 0.2) is 6.10 Å². The number of benzene rings is 2. The molecule has 1 aliphatic heterocycles. The number of halogens is 1. The van der Waals surface area contributed by atoms with Crippen LogP contribution in [0.3, 0.4) is 0 Å². The molecule has 3 rings (SSSR count). The average Bonchev–Trinajstić information content (AvgIpc) is 2.62. The summed E-state index contributed by atoms with van der Waals surface area (Å²) in [5, 5.41) is 5.45. The molecule has 2 aromatic carbocycles. The van der Waals surface area contributed by atoms with Crippen LogP contribution in [-0.4, -0.2) is 38.1 Å². The zero-order chi connectivity index (χ0) is 17.8. The summed E-state index contributed by atoms with van der Waals surface area (Å²) in [5.74, 6) is 0.223. The Kier molecular flexibility index (Phi) is 5.23. The lowest BCUT2D eigenvalue weighted by molar-refractivity contribution is -0.127. The van der Waals surface area contributed by atoms with E-state index in [4.69, 9.17) is 4.74 Å². The molecule has 1 atom stereocenters. The fourth-order valence-corrected chi connectivity index (χ4v) is 2.93. The van der Waals surface area contributed by atoms with Crippen molar-refractivity contribution >= 4 is 39.1 Å². The Bertz CT molecular complexity index is 779. The monoisotopic (exact) mass is 403 g/mol. The molecule has 25 heavy (non-hydrogen) atoms. The molecule has 0 radical (unpaired) electrons. The molecule has 0 saturated heterocycles. The van der Waals surface area contributed by atoms with E-state index >= 15 is 0 Å². The van der Waals surface area contributed by atoms with E-state index in [1.807, 2.05) is 47.4 Å². The third-order valence-electron chi connectivity index (χ3n) is 3.86. The summed E-state index contributed by atoms with van der Waals surface area (Å²) in [5.41, 5.74) is 1.52. The third kappa shape index (κ3) is 4.11. The molecular weight excluding hydrogens is 386 g/mol. The van der Waals surface area contributed by atoms with Crippen LogP contribution in [0.5, 0.6) is 5.75 Å². The van der Waals surface area contributed by atoms with Crippen molar-refractivity contribution < 1.29 is 14.3 Å². The highest BCUT2D eigenvalue weighted by molar-refractivity contribution is 9.10. The smallest absolute Gasteiger partial charge is 0.262 e. The molecule has 7 heteroatoms. The molecule has 2 amide bonds. The molecule has 1 aliphatic rings. The number of nitrogens with zero attached hydrogens (tertiary/aromatic N) is 1. The molecule has 1 unspecified atom stereocenters. The Labute approximate surface area is 154 Å². The predicted molar refractivity (Wildman–Crippen MR) is 99.9 cm³/mol. The largest absolute Gasteiger partial charge is 0.477 e. The van der Waals surface area contributed by atoms with Gasteiger partial charge < -0.3 is 20.3 Å². The van der Waals surface area contributed by atoms with Gasteiger partial charge in [0.2, 0.25) is 5.91 Å². The van der Waals surface area contributed by atoms with E-state index < -0.39 is 6.10 Å². The maximum Gasteiger partial charge on any atom is 0.262 e. The Morgan fingerprint density at radius 3 is 2.64 bits per heavy atom. The van der Waals surface area contributed by atoms with Crippen LogP contribution in [0.1, 0.15) is 0 Å². The minimum atomic E-state index is -0.652. The van der Waals surface area contributed by atoms with Gasteiger partial charge in [0, 0.05) is 17.2 Å². The standard InChI is InChI=1S/C18H18BrN3O3/c1-20-18(24)16-10-22(14-4-2-3-5-15(14)25-16)11-17(23)21-13-8-6-12(19)7-9-13/h2-9,16H,10-11H2,1H3,(H,20,24)(H,21,23). The van der Waals surface area contributed by atoms with Crippen molar-refractivity contribution in [2.45, 2.75) is 6.10 Å². The topological polar surface area (TPSA) is 70.7 Å². The van der Waals surface area contributed by atoms with E-state index in [1.54, 1.807) is 13.1 Å². The summed E-state index contributed by atoms with van der Waals surface area (Å²) >= 11 is 3.36. The lowest BCUT2D eigenvalue weighted by Gasteiger charge is -2.34. The van der Waals surface area contributed by atoms with Crippen molar-refractivity contribution in [3.63, 3.8) is 0 Å². The minimum Gasteiger partial charge on any atom is -0.477 e. The molecule has 0 aliphatic carbocycles. The van der Waals surface area contributed by atoms with Crippen LogP contribution >= 0.6 is 15.9 Å². The van der Waals surface area contributed by atoms with E-state index in [1.165, 1.54) is 0 Å². The van der Waals surface area contributed by atoms with Gasteiger partial charge in [-0.3, -0.25) is 9.59 Å². The van der Waals surface area contributed by atoms with Gasteiger partial charge in [-0.1, -0.05) is 28.1 Å². The molecule has 1 heterocycles. The summed E-state index contributed by atoms with van der Waals surface area (Å²) in [7, 11) is 1.57. The number of para-hydroxylation sites is 2.